The van der Waals surface area contributed by atoms with Gasteiger partial charge in [-0.3, -0.25) is 9.47 Å². The molecular weight excluding hydrogens is 398 g/mol. The Morgan fingerprint density at radius 1 is 1.03 bits per heavy atom. The minimum Gasteiger partial charge on any atom is -0.474 e. The van der Waals surface area contributed by atoms with Crippen LogP contribution in [0.4, 0.5) is 0 Å². The first kappa shape index (κ1) is 19.5. The zero-order valence-electron chi connectivity index (χ0n) is 17.4. The van der Waals surface area contributed by atoms with Crippen LogP contribution in [0.3, 0.4) is 0 Å². The van der Waals surface area contributed by atoms with Gasteiger partial charge in [0, 0.05) is 29.2 Å². The molecular formula is C23H26ClN5O. The van der Waals surface area contributed by atoms with Crippen molar-refractivity contribution in [1.29, 1.82) is 0 Å². The third-order valence-corrected chi connectivity index (χ3v) is 6.31. The number of halogens is 1. The fourth-order valence-electron chi connectivity index (χ4n) is 4.64. The number of aromatic nitrogens is 4. The topological polar surface area (TPSA) is 56.1 Å². The molecule has 0 atom stereocenters. The van der Waals surface area contributed by atoms with Gasteiger partial charge in [-0.1, -0.05) is 17.7 Å². The molecule has 3 heterocycles. The molecule has 1 fully saturated rings. The Hall–Kier alpha value is -2.44. The molecule has 1 aliphatic heterocycles. The number of fused-ring (bicyclic) bond motifs is 3. The molecule has 156 valence electrons. The van der Waals surface area contributed by atoms with Gasteiger partial charge in [-0.15, -0.1) is 10.2 Å². The standard InChI is InChI=1S/C23H26ClN5O/c1-15-4-3-5-22(25-15)30-19-9-6-16(7-10-19)23-27-26-21-14-28(2)13-17-12-18(24)8-11-20(17)29(21)23/h3-5,8,11-12,16,19H,6-7,9-10,13-14H2,1-2H3/t16-,19-. The molecule has 6 nitrogen and oxygen atoms in total. The average molecular weight is 424 g/mol. The van der Waals surface area contributed by atoms with Crippen LogP contribution >= 0.6 is 11.6 Å². The Balaban J connectivity index is 1.37. The molecule has 0 saturated heterocycles. The van der Waals surface area contributed by atoms with Crippen LogP contribution in [0.1, 0.15) is 54.5 Å². The summed E-state index contributed by atoms with van der Waals surface area (Å²) in [6, 6.07) is 12.0. The highest BCUT2D eigenvalue weighted by Gasteiger charge is 2.30. The molecule has 2 aromatic heterocycles. The molecule has 1 saturated carbocycles. The van der Waals surface area contributed by atoms with Crippen LogP contribution in [0.2, 0.25) is 5.02 Å². The Labute approximate surface area is 181 Å². The van der Waals surface area contributed by atoms with E-state index in [4.69, 9.17) is 16.3 Å². The summed E-state index contributed by atoms with van der Waals surface area (Å²) in [7, 11) is 2.11. The van der Waals surface area contributed by atoms with Crippen LogP contribution in [0.15, 0.2) is 36.4 Å². The number of rotatable bonds is 3. The fourth-order valence-corrected chi connectivity index (χ4v) is 4.83. The van der Waals surface area contributed by atoms with E-state index in [1.165, 1.54) is 5.56 Å². The maximum Gasteiger partial charge on any atom is 0.213 e. The third-order valence-electron chi connectivity index (χ3n) is 6.08. The zero-order chi connectivity index (χ0) is 20.7. The molecule has 0 radical (unpaired) electrons. The van der Waals surface area contributed by atoms with Crippen molar-refractivity contribution in [3.05, 3.63) is 64.3 Å². The van der Waals surface area contributed by atoms with E-state index in [-0.39, 0.29) is 6.10 Å². The molecule has 3 aromatic rings. The third kappa shape index (κ3) is 3.82. The molecule has 1 aliphatic carbocycles. The van der Waals surface area contributed by atoms with Gasteiger partial charge in [-0.05, 0) is 69.5 Å². The minimum atomic E-state index is 0.208. The smallest absolute Gasteiger partial charge is 0.213 e. The monoisotopic (exact) mass is 423 g/mol. The van der Waals surface area contributed by atoms with Crippen LogP contribution in [-0.4, -0.2) is 37.8 Å². The van der Waals surface area contributed by atoms with E-state index in [2.05, 4.69) is 43.8 Å². The molecule has 0 unspecified atom stereocenters. The van der Waals surface area contributed by atoms with Crippen molar-refractivity contribution in [2.75, 3.05) is 7.05 Å². The Morgan fingerprint density at radius 3 is 2.67 bits per heavy atom. The molecule has 5 rings (SSSR count). The van der Waals surface area contributed by atoms with Gasteiger partial charge in [0.2, 0.25) is 5.88 Å². The van der Waals surface area contributed by atoms with Crippen LogP contribution in [0.5, 0.6) is 5.88 Å². The second-order valence-corrected chi connectivity index (χ2v) is 8.90. The maximum atomic E-state index is 6.28. The summed E-state index contributed by atoms with van der Waals surface area (Å²) in [6.45, 7) is 3.61. The Kier molecular flexibility index (Phi) is 5.21. The van der Waals surface area contributed by atoms with Gasteiger partial charge < -0.3 is 4.74 Å². The highest BCUT2D eigenvalue weighted by atomic mass is 35.5. The first-order valence-corrected chi connectivity index (χ1v) is 11.0. The summed E-state index contributed by atoms with van der Waals surface area (Å²) in [4.78, 5) is 6.74. The van der Waals surface area contributed by atoms with Crippen molar-refractivity contribution in [2.24, 2.45) is 0 Å². The van der Waals surface area contributed by atoms with Gasteiger partial charge in [0.05, 0.1) is 12.2 Å². The summed E-state index contributed by atoms with van der Waals surface area (Å²) < 4.78 is 8.41. The SMILES string of the molecule is Cc1cccc(O[C@H]2CC[C@H](c3nnc4n3-c3ccc(Cl)cc3CN(C)C4)CC2)n1. The van der Waals surface area contributed by atoms with Gasteiger partial charge in [0.25, 0.3) is 0 Å². The molecule has 0 amide bonds. The lowest BCUT2D eigenvalue weighted by Crippen LogP contribution is -2.25. The lowest BCUT2D eigenvalue weighted by Gasteiger charge is -2.28. The van der Waals surface area contributed by atoms with Crippen molar-refractivity contribution in [3.63, 3.8) is 0 Å². The normalized spacial score (nSPS) is 21.6. The predicted molar refractivity (Wildman–Crippen MR) is 116 cm³/mol. The van der Waals surface area contributed by atoms with E-state index in [9.17, 15) is 0 Å². The summed E-state index contributed by atoms with van der Waals surface area (Å²) in [5.41, 5.74) is 3.35. The van der Waals surface area contributed by atoms with E-state index in [1.54, 1.807) is 0 Å². The highest BCUT2D eigenvalue weighted by molar-refractivity contribution is 6.30. The van der Waals surface area contributed by atoms with Gasteiger partial charge in [0.1, 0.15) is 11.9 Å². The van der Waals surface area contributed by atoms with E-state index >= 15 is 0 Å². The van der Waals surface area contributed by atoms with Crippen molar-refractivity contribution >= 4 is 11.6 Å². The molecule has 0 N–H and O–H groups in total. The second kappa shape index (κ2) is 8.00. The first-order valence-electron chi connectivity index (χ1n) is 10.6. The minimum absolute atomic E-state index is 0.208. The molecule has 0 spiro atoms. The van der Waals surface area contributed by atoms with Crippen molar-refractivity contribution in [2.45, 2.75) is 57.7 Å². The molecule has 7 heteroatoms. The summed E-state index contributed by atoms with van der Waals surface area (Å²) in [5.74, 6) is 3.17. The largest absolute Gasteiger partial charge is 0.474 e. The van der Waals surface area contributed by atoms with Gasteiger partial charge in [-0.2, -0.15) is 0 Å². The number of nitrogens with zero attached hydrogens (tertiary/aromatic N) is 5. The number of pyridine rings is 1. The van der Waals surface area contributed by atoms with E-state index < -0.39 is 0 Å². The number of ether oxygens (including phenoxy) is 1. The average Bonchev–Trinajstić information content (AvgIpc) is 3.06. The lowest BCUT2D eigenvalue weighted by molar-refractivity contribution is 0.138. The lowest BCUT2D eigenvalue weighted by atomic mass is 9.86. The first-order chi connectivity index (χ1) is 14.6. The fraction of sp³-hybridized carbons (Fsp3) is 0.435. The van der Waals surface area contributed by atoms with Gasteiger partial charge >= 0.3 is 0 Å². The Morgan fingerprint density at radius 2 is 1.87 bits per heavy atom. The number of benzene rings is 1. The molecule has 30 heavy (non-hydrogen) atoms. The molecule has 0 bridgehead atoms. The zero-order valence-corrected chi connectivity index (χ0v) is 18.1. The van der Waals surface area contributed by atoms with Crippen LogP contribution in [0, 0.1) is 6.92 Å². The number of hydrogen-bond acceptors (Lipinski definition) is 5. The number of hydrogen-bond donors (Lipinski definition) is 0. The molecule has 1 aromatic carbocycles. The highest BCUT2D eigenvalue weighted by Crippen LogP contribution is 2.36. The van der Waals surface area contributed by atoms with Crippen molar-refractivity contribution < 1.29 is 4.74 Å². The van der Waals surface area contributed by atoms with Crippen LogP contribution in [0.25, 0.3) is 5.69 Å². The maximum absolute atomic E-state index is 6.28. The van der Waals surface area contributed by atoms with Crippen molar-refractivity contribution in [3.8, 4) is 11.6 Å². The van der Waals surface area contributed by atoms with Crippen LogP contribution < -0.4 is 4.74 Å². The second-order valence-electron chi connectivity index (χ2n) is 8.46. The van der Waals surface area contributed by atoms with E-state index in [0.717, 1.165) is 72.7 Å². The summed E-state index contributed by atoms with van der Waals surface area (Å²) in [5, 5.41) is 9.96. The summed E-state index contributed by atoms with van der Waals surface area (Å²) in [6.07, 6.45) is 4.27. The summed E-state index contributed by atoms with van der Waals surface area (Å²) >= 11 is 6.28. The van der Waals surface area contributed by atoms with Gasteiger partial charge in [0.15, 0.2) is 5.82 Å². The molecule has 2 aliphatic rings. The number of aryl methyl sites for hydroxylation is 1. The van der Waals surface area contributed by atoms with E-state index in [1.807, 2.05) is 31.2 Å². The Bertz CT molecular complexity index is 1060. The van der Waals surface area contributed by atoms with Gasteiger partial charge in [-0.25, -0.2) is 4.98 Å². The van der Waals surface area contributed by atoms with Crippen LogP contribution in [-0.2, 0) is 13.1 Å². The predicted octanol–water partition coefficient (Wildman–Crippen LogP) is 4.67. The van der Waals surface area contributed by atoms with Crippen molar-refractivity contribution in [1.82, 2.24) is 24.6 Å². The quantitative estimate of drug-likeness (QED) is 0.612. The van der Waals surface area contributed by atoms with E-state index in [0.29, 0.717) is 5.92 Å².